The molecular weight excluding hydrogens is 546 g/mol. The van der Waals surface area contributed by atoms with Gasteiger partial charge in [-0.1, -0.05) is 98.5 Å². The van der Waals surface area contributed by atoms with E-state index in [0.717, 1.165) is 39.3 Å². The van der Waals surface area contributed by atoms with E-state index >= 15 is 0 Å². The summed E-state index contributed by atoms with van der Waals surface area (Å²) in [5, 5.41) is 4.03. The van der Waals surface area contributed by atoms with E-state index in [1.807, 2.05) is 97.9 Å². The number of nitrogens with zero attached hydrogens (tertiary/aromatic N) is 1. The van der Waals surface area contributed by atoms with Crippen molar-refractivity contribution >= 4 is 33.4 Å². The van der Waals surface area contributed by atoms with Gasteiger partial charge in [-0.25, -0.2) is 4.79 Å². The Morgan fingerprint density at radius 1 is 0.727 bits per heavy atom. The fourth-order valence-electron chi connectivity index (χ4n) is 5.52. The average molecular weight is 588 g/mol. The molecule has 0 aliphatic heterocycles. The molecule has 0 aliphatic carbocycles. The summed E-state index contributed by atoms with van der Waals surface area (Å²) in [5.41, 5.74) is 3.04. The molecule has 5 nitrogen and oxygen atoms in total. The molecule has 0 N–H and O–H groups in total. The first kappa shape index (κ1) is 30.8. The molecule has 0 saturated carbocycles. The maximum Gasteiger partial charge on any atom is 0.338 e. The predicted octanol–water partition coefficient (Wildman–Crippen LogP) is 9.32. The second kappa shape index (κ2) is 14.2. The fourth-order valence-corrected chi connectivity index (χ4v) is 5.52. The number of carbonyl (C=O) groups is 2. The summed E-state index contributed by atoms with van der Waals surface area (Å²) >= 11 is 0. The van der Waals surface area contributed by atoms with Crippen LogP contribution in [0.2, 0.25) is 0 Å². The lowest BCUT2D eigenvalue weighted by atomic mass is 10.00. The number of hydrogen-bond donors (Lipinski definition) is 0. The molecule has 0 heterocycles. The smallest absolute Gasteiger partial charge is 0.338 e. The molecule has 0 bridgehead atoms. The molecule has 5 aromatic carbocycles. The van der Waals surface area contributed by atoms with Crippen LogP contribution in [0.15, 0.2) is 103 Å². The van der Waals surface area contributed by atoms with E-state index in [4.69, 9.17) is 9.47 Å². The van der Waals surface area contributed by atoms with E-state index < -0.39 is 18.1 Å². The van der Waals surface area contributed by atoms with Crippen LogP contribution < -0.4 is 4.74 Å². The van der Waals surface area contributed by atoms with Crippen molar-refractivity contribution in [3.63, 3.8) is 0 Å². The highest BCUT2D eigenvalue weighted by atomic mass is 16.5. The molecule has 44 heavy (non-hydrogen) atoms. The average Bonchev–Trinajstić information content (AvgIpc) is 3.05. The Morgan fingerprint density at radius 3 is 2.11 bits per heavy atom. The molecule has 5 rings (SSSR count). The van der Waals surface area contributed by atoms with Crippen LogP contribution in [0.5, 0.6) is 5.75 Å². The summed E-state index contributed by atoms with van der Waals surface area (Å²) in [7, 11) is 1.76. The Labute approximate surface area is 260 Å². The van der Waals surface area contributed by atoms with Crippen LogP contribution in [0.3, 0.4) is 0 Å². The maximum absolute atomic E-state index is 13.6. The van der Waals surface area contributed by atoms with Gasteiger partial charge in [-0.15, -0.1) is 0 Å². The third kappa shape index (κ3) is 7.28. The first-order valence-electron chi connectivity index (χ1n) is 15.5. The third-order valence-corrected chi connectivity index (χ3v) is 8.29. The van der Waals surface area contributed by atoms with Gasteiger partial charge in [0.15, 0.2) is 0 Å². The lowest BCUT2D eigenvalue weighted by molar-refractivity contribution is 0.00568. The van der Waals surface area contributed by atoms with Gasteiger partial charge < -0.3 is 14.4 Å². The van der Waals surface area contributed by atoms with Gasteiger partial charge in [-0.05, 0) is 83.8 Å². The third-order valence-electron chi connectivity index (χ3n) is 8.29. The zero-order valence-corrected chi connectivity index (χ0v) is 26.1. The number of ether oxygens (including phenoxy) is 2. The van der Waals surface area contributed by atoms with Crippen molar-refractivity contribution in [3.05, 3.63) is 125 Å². The molecule has 0 radical (unpaired) electrons. The topological polar surface area (TPSA) is 55.8 Å². The largest absolute Gasteiger partial charge is 0.494 e. The molecule has 0 unspecified atom stereocenters. The minimum Gasteiger partial charge on any atom is -0.494 e. The van der Waals surface area contributed by atoms with Crippen LogP contribution in [0.4, 0.5) is 0 Å². The molecule has 5 aromatic rings. The first-order chi connectivity index (χ1) is 21.3. The van der Waals surface area contributed by atoms with E-state index in [-0.39, 0.29) is 5.91 Å². The maximum atomic E-state index is 13.6. The second-order valence-electron chi connectivity index (χ2n) is 11.6. The molecule has 2 atom stereocenters. The number of benzene rings is 5. The van der Waals surface area contributed by atoms with Crippen molar-refractivity contribution in [1.82, 2.24) is 4.90 Å². The Bertz CT molecular complexity index is 1750. The molecule has 0 saturated heterocycles. The van der Waals surface area contributed by atoms with Crippen LogP contribution in [0.1, 0.15) is 77.5 Å². The zero-order valence-electron chi connectivity index (χ0n) is 26.1. The van der Waals surface area contributed by atoms with Gasteiger partial charge in [0.25, 0.3) is 5.91 Å². The first-order valence-corrected chi connectivity index (χ1v) is 15.5. The Balaban J connectivity index is 1.33. The highest BCUT2D eigenvalue weighted by Gasteiger charge is 2.30. The summed E-state index contributed by atoms with van der Waals surface area (Å²) < 4.78 is 12.1. The van der Waals surface area contributed by atoms with E-state index in [0.29, 0.717) is 17.7 Å². The highest BCUT2D eigenvalue weighted by Crippen LogP contribution is 2.29. The summed E-state index contributed by atoms with van der Waals surface area (Å²) in [6.07, 6.45) is 3.97. The van der Waals surface area contributed by atoms with E-state index in [1.54, 1.807) is 18.0 Å². The van der Waals surface area contributed by atoms with Crippen LogP contribution in [0, 0.1) is 6.92 Å². The minimum absolute atomic E-state index is 0.133. The summed E-state index contributed by atoms with van der Waals surface area (Å²) in [6, 6.07) is 32.6. The number of aryl methyl sites for hydroxylation is 1. The predicted molar refractivity (Wildman–Crippen MR) is 178 cm³/mol. The quantitative estimate of drug-likeness (QED) is 0.108. The summed E-state index contributed by atoms with van der Waals surface area (Å²) in [6.45, 7) is 6.87. The van der Waals surface area contributed by atoms with Crippen molar-refractivity contribution in [3.8, 4) is 5.75 Å². The van der Waals surface area contributed by atoms with Gasteiger partial charge in [0.2, 0.25) is 0 Å². The number of unbranched alkanes of at least 4 members (excludes halogenated alkanes) is 3. The van der Waals surface area contributed by atoms with Crippen LogP contribution in [-0.4, -0.2) is 36.5 Å². The number of amides is 1. The number of carbonyl (C=O) groups excluding carboxylic acids is 2. The second-order valence-corrected chi connectivity index (χ2v) is 11.6. The van der Waals surface area contributed by atoms with Gasteiger partial charge in [-0.2, -0.15) is 0 Å². The standard InChI is InChI=1S/C39H41NO4/c1-5-6-7-11-22-43-36-21-20-32-25-35(19-17-33(32)26-36)39(42)44-37(29-12-9-8-10-13-29)28(3)40(4)38(41)34-18-16-30-23-27(2)14-15-31(30)24-34/h8-10,12-21,23-26,28,37H,5-7,11,22H2,1-4H3/t28-,37+/m0/s1. The molecule has 1 amide bonds. The molecular formula is C39H41NO4. The molecule has 0 fully saturated rings. The Kier molecular flexibility index (Phi) is 9.96. The van der Waals surface area contributed by atoms with Gasteiger partial charge in [0.05, 0.1) is 18.2 Å². The van der Waals surface area contributed by atoms with E-state index in [2.05, 4.69) is 19.9 Å². The summed E-state index contributed by atoms with van der Waals surface area (Å²) in [5.74, 6) is 0.258. The number of rotatable bonds is 12. The Morgan fingerprint density at radius 2 is 1.36 bits per heavy atom. The van der Waals surface area contributed by atoms with E-state index in [1.165, 1.54) is 24.8 Å². The van der Waals surface area contributed by atoms with Crippen molar-refractivity contribution in [2.24, 2.45) is 0 Å². The van der Waals surface area contributed by atoms with Gasteiger partial charge in [-0.3, -0.25) is 4.79 Å². The van der Waals surface area contributed by atoms with Crippen LogP contribution in [0.25, 0.3) is 21.5 Å². The van der Waals surface area contributed by atoms with E-state index in [9.17, 15) is 9.59 Å². The molecule has 0 spiro atoms. The SMILES string of the molecule is CCCCCCOc1ccc2cc(C(=O)O[C@@H](c3ccccc3)[C@H](C)N(C)C(=O)c3ccc4cc(C)ccc4c3)ccc2c1. The molecule has 5 heteroatoms. The minimum atomic E-state index is -0.667. The van der Waals surface area contributed by atoms with Gasteiger partial charge in [0.1, 0.15) is 11.9 Å². The van der Waals surface area contributed by atoms with Crippen molar-refractivity contribution in [1.29, 1.82) is 0 Å². The fraction of sp³-hybridized carbons (Fsp3) is 0.282. The molecule has 0 aliphatic rings. The number of esters is 1. The number of hydrogen-bond acceptors (Lipinski definition) is 4. The van der Waals surface area contributed by atoms with Gasteiger partial charge in [0, 0.05) is 12.6 Å². The van der Waals surface area contributed by atoms with Crippen LogP contribution >= 0.6 is 0 Å². The zero-order chi connectivity index (χ0) is 31.1. The normalized spacial score (nSPS) is 12.5. The van der Waals surface area contributed by atoms with Crippen LogP contribution in [-0.2, 0) is 4.74 Å². The lowest BCUT2D eigenvalue weighted by Gasteiger charge is -2.32. The molecule has 226 valence electrons. The number of fused-ring (bicyclic) bond motifs is 2. The molecule has 0 aromatic heterocycles. The highest BCUT2D eigenvalue weighted by molar-refractivity contribution is 5.99. The van der Waals surface area contributed by atoms with Gasteiger partial charge >= 0.3 is 5.97 Å². The number of likely N-dealkylation sites (N-methyl/N-ethyl adjacent to an activating group) is 1. The van der Waals surface area contributed by atoms with Crippen molar-refractivity contribution in [2.75, 3.05) is 13.7 Å². The van der Waals surface area contributed by atoms with Crippen molar-refractivity contribution < 1.29 is 19.1 Å². The summed E-state index contributed by atoms with van der Waals surface area (Å²) in [4.78, 5) is 28.9. The van der Waals surface area contributed by atoms with Crippen molar-refractivity contribution in [2.45, 2.75) is 58.6 Å². The monoisotopic (exact) mass is 587 g/mol. The lowest BCUT2D eigenvalue weighted by Crippen LogP contribution is -2.40. The Hall–Kier alpha value is -4.64.